The van der Waals surface area contributed by atoms with Gasteiger partial charge in [-0.15, -0.1) is 0 Å². The van der Waals surface area contributed by atoms with E-state index in [4.69, 9.17) is 0 Å². The van der Waals surface area contributed by atoms with Crippen LogP contribution in [0.5, 0.6) is 0 Å². The number of aromatic amines is 1. The monoisotopic (exact) mass is 213 g/mol. The van der Waals surface area contributed by atoms with Gasteiger partial charge in [0.2, 0.25) is 0 Å². The van der Waals surface area contributed by atoms with Crippen LogP contribution in [0.25, 0.3) is 0 Å². The largest absolute Gasteiger partial charge is 0.391 e. The summed E-state index contributed by atoms with van der Waals surface area (Å²) >= 11 is 1.39. The van der Waals surface area contributed by atoms with E-state index in [0.717, 1.165) is 6.54 Å². The third kappa shape index (κ3) is 2.14. The highest BCUT2D eigenvalue weighted by atomic mass is 32.2. The average Bonchev–Trinajstić information content (AvgIpc) is 2.52. The van der Waals surface area contributed by atoms with E-state index in [1.165, 1.54) is 24.0 Å². The maximum Gasteiger partial charge on any atom is 0.251 e. The molecule has 0 spiro atoms. The predicted molar refractivity (Wildman–Crippen MR) is 53.4 cm³/mol. The number of β-amino-alcohol motifs (C(OH)–C–C–N with tert-alkyl or cyclic N) is 1. The molecule has 1 saturated heterocycles. The molecule has 0 radical (unpaired) electrons. The lowest BCUT2D eigenvalue weighted by Crippen LogP contribution is -2.21. The van der Waals surface area contributed by atoms with E-state index in [9.17, 15) is 9.90 Å². The lowest BCUT2D eigenvalue weighted by atomic mass is 10.3. The predicted octanol–water partition coefficient (Wildman–Crippen LogP) is -0.805. The molecule has 2 atom stereocenters. The Hall–Kier alpha value is -0.850. The lowest BCUT2D eigenvalue weighted by Gasteiger charge is -2.10. The Balaban J connectivity index is 2.07. The zero-order valence-electron chi connectivity index (χ0n) is 7.43. The minimum absolute atomic E-state index is 0.0700. The van der Waals surface area contributed by atoms with E-state index in [-0.39, 0.29) is 16.9 Å². The summed E-state index contributed by atoms with van der Waals surface area (Å²) in [5, 5.41) is 13.2. The summed E-state index contributed by atoms with van der Waals surface area (Å²) in [6, 6.07) is 1.37. The third-order valence-electron chi connectivity index (χ3n) is 2.04. The van der Waals surface area contributed by atoms with Crippen LogP contribution in [0.4, 0.5) is 0 Å². The number of rotatable bonds is 2. The van der Waals surface area contributed by atoms with Gasteiger partial charge >= 0.3 is 0 Å². The molecule has 0 bridgehead atoms. The molecule has 3 N–H and O–H groups in total. The van der Waals surface area contributed by atoms with Gasteiger partial charge in [0.05, 0.1) is 11.4 Å². The summed E-state index contributed by atoms with van der Waals surface area (Å²) in [4.78, 5) is 17.6. The second-order valence-electron chi connectivity index (χ2n) is 3.12. The minimum Gasteiger partial charge on any atom is -0.391 e. The zero-order valence-corrected chi connectivity index (χ0v) is 8.25. The van der Waals surface area contributed by atoms with Gasteiger partial charge in [-0.1, -0.05) is 11.8 Å². The van der Waals surface area contributed by atoms with Crippen LogP contribution >= 0.6 is 11.8 Å². The van der Waals surface area contributed by atoms with Crippen LogP contribution in [0.1, 0.15) is 0 Å². The fraction of sp³-hybridized carbons (Fsp3) is 0.500. The zero-order chi connectivity index (χ0) is 9.97. The van der Waals surface area contributed by atoms with Crippen molar-refractivity contribution in [1.29, 1.82) is 0 Å². The highest BCUT2D eigenvalue weighted by molar-refractivity contribution is 7.99. The third-order valence-corrected chi connectivity index (χ3v) is 3.25. The molecule has 0 unspecified atom stereocenters. The average molecular weight is 213 g/mol. The van der Waals surface area contributed by atoms with E-state index < -0.39 is 0 Å². The summed E-state index contributed by atoms with van der Waals surface area (Å²) < 4.78 is 0. The molecule has 2 heterocycles. The van der Waals surface area contributed by atoms with Crippen LogP contribution < -0.4 is 10.9 Å². The van der Waals surface area contributed by atoms with Gasteiger partial charge in [0.25, 0.3) is 5.56 Å². The van der Waals surface area contributed by atoms with Crippen molar-refractivity contribution in [2.75, 3.05) is 13.1 Å². The van der Waals surface area contributed by atoms with Crippen LogP contribution in [0.2, 0.25) is 0 Å². The van der Waals surface area contributed by atoms with Gasteiger partial charge in [-0.3, -0.25) is 4.79 Å². The Morgan fingerprint density at radius 2 is 2.43 bits per heavy atom. The van der Waals surface area contributed by atoms with E-state index in [1.807, 2.05) is 0 Å². The number of aromatic nitrogens is 2. The Morgan fingerprint density at radius 1 is 1.57 bits per heavy atom. The Morgan fingerprint density at radius 3 is 3.07 bits per heavy atom. The summed E-state index contributed by atoms with van der Waals surface area (Å²) in [7, 11) is 0. The molecule has 1 fully saturated rings. The SMILES string of the molecule is O=c1ccnc(S[C@@H]2CNC[C@H]2O)[nH]1. The second-order valence-corrected chi connectivity index (χ2v) is 4.35. The standard InChI is InChI=1S/C8H11N3O2S/c12-5-3-9-4-6(5)14-8-10-2-1-7(13)11-8/h1-2,5-6,9,12H,3-4H2,(H,10,11,13)/t5-,6-/m1/s1. The van der Waals surface area contributed by atoms with Crippen LogP contribution in [0.3, 0.4) is 0 Å². The first-order valence-electron chi connectivity index (χ1n) is 4.36. The summed E-state index contributed by atoms with van der Waals surface area (Å²) in [6.45, 7) is 1.35. The van der Waals surface area contributed by atoms with Gasteiger partial charge in [0.15, 0.2) is 5.16 Å². The first kappa shape index (κ1) is 9.70. The molecule has 6 heteroatoms. The smallest absolute Gasteiger partial charge is 0.251 e. The number of H-pyrrole nitrogens is 1. The Bertz CT molecular complexity index is 368. The van der Waals surface area contributed by atoms with Crippen molar-refractivity contribution in [2.45, 2.75) is 16.5 Å². The van der Waals surface area contributed by atoms with Gasteiger partial charge < -0.3 is 15.4 Å². The molecule has 1 aliphatic rings. The number of aliphatic hydroxyl groups is 1. The summed E-state index contributed by atoms with van der Waals surface area (Å²) in [6.07, 6.45) is 1.10. The molecule has 14 heavy (non-hydrogen) atoms. The molecular weight excluding hydrogens is 202 g/mol. The molecule has 76 valence electrons. The fourth-order valence-electron chi connectivity index (χ4n) is 1.32. The molecule has 2 rings (SSSR count). The number of nitrogens with one attached hydrogen (secondary N) is 2. The maximum absolute atomic E-state index is 11.0. The number of hydrogen-bond donors (Lipinski definition) is 3. The number of nitrogens with zero attached hydrogens (tertiary/aromatic N) is 1. The molecule has 0 aromatic carbocycles. The van der Waals surface area contributed by atoms with Crippen LogP contribution in [0, 0.1) is 0 Å². The molecule has 1 aromatic heterocycles. The normalized spacial score (nSPS) is 26.6. The molecular formula is C8H11N3O2S. The molecule has 0 aliphatic carbocycles. The molecule has 1 aliphatic heterocycles. The quantitative estimate of drug-likeness (QED) is 0.560. The second kappa shape index (κ2) is 4.12. The highest BCUT2D eigenvalue weighted by Crippen LogP contribution is 2.22. The van der Waals surface area contributed by atoms with Gasteiger partial charge in [-0.05, 0) is 0 Å². The van der Waals surface area contributed by atoms with Crippen molar-refractivity contribution in [3.05, 3.63) is 22.6 Å². The molecule has 1 aromatic rings. The molecule has 0 amide bonds. The van der Waals surface area contributed by atoms with Crippen molar-refractivity contribution in [3.63, 3.8) is 0 Å². The number of thioether (sulfide) groups is 1. The Kier molecular flexibility index (Phi) is 2.85. The van der Waals surface area contributed by atoms with Crippen molar-refractivity contribution < 1.29 is 5.11 Å². The first-order chi connectivity index (χ1) is 6.75. The lowest BCUT2D eigenvalue weighted by molar-refractivity contribution is 0.201. The van der Waals surface area contributed by atoms with Gasteiger partial charge in [-0.2, -0.15) is 0 Å². The van der Waals surface area contributed by atoms with Crippen molar-refractivity contribution in [2.24, 2.45) is 0 Å². The number of aliphatic hydroxyl groups excluding tert-OH is 1. The van der Waals surface area contributed by atoms with Crippen LogP contribution in [0.15, 0.2) is 22.2 Å². The Labute approximate surface area is 85.0 Å². The van der Waals surface area contributed by atoms with Crippen molar-refractivity contribution in [1.82, 2.24) is 15.3 Å². The van der Waals surface area contributed by atoms with Gasteiger partial charge in [-0.25, -0.2) is 4.98 Å². The topological polar surface area (TPSA) is 78.0 Å². The summed E-state index contributed by atoms with van der Waals surface area (Å²) in [5.74, 6) is 0. The van der Waals surface area contributed by atoms with Crippen molar-refractivity contribution >= 4 is 11.8 Å². The maximum atomic E-state index is 11.0. The first-order valence-corrected chi connectivity index (χ1v) is 5.24. The van der Waals surface area contributed by atoms with E-state index in [0.29, 0.717) is 11.7 Å². The fourth-order valence-corrected chi connectivity index (χ4v) is 2.34. The minimum atomic E-state index is -0.370. The van der Waals surface area contributed by atoms with E-state index in [1.54, 1.807) is 0 Å². The van der Waals surface area contributed by atoms with Gasteiger partial charge in [0.1, 0.15) is 0 Å². The summed E-state index contributed by atoms with van der Waals surface area (Å²) in [5.41, 5.74) is -0.164. The van der Waals surface area contributed by atoms with Crippen LogP contribution in [-0.4, -0.2) is 39.5 Å². The van der Waals surface area contributed by atoms with Gasteiger partial charge in [0, 0.05) is 25.4 Å². The van der Waals surface area contributed by atoms with Crippen LogP contribution in [-0.2, 0) is 0 Å². The van der Waals surface area contributed by atoms with Crippen molar-refractivity contribution in [3.8, 4) is 0 Å². The molecule has 5 nitrogen and oxygen atoms in total. The van der Waals surface area contributed by atoms with E-state index >= 15 is 0 Å². The highest BCUT2D eigenvalue weighted by Gasteiger charge is 2.26. The van der Waals surface area contributed by atoms with E-state index in [2.05, 4.69) is 15.3 Å². The molecule has 0 saturated carbocycles. The number of hydrogen-bond acceptors (Lipinski definition) is 5.